The van der Waals surface area contributed by atoms with Gasteiger partial charge in [0.05, 0.1) is 20.3 Å². The topological polar surface area (TPSA) is 80.6 Å². The average Bonchev–Trinajstić information content (AvgIpc) is 2.79. The Morgan fingerprint density at radius 2 is 1.81 bits per heavy atom. The van der Waals surface area contributed by atoms with Gasteiger partial charge in [-0.05, 0) is 61.4 Å². The molecule has 2 rings (SSSR count). The summed E-state index contributed by atoms with van der Waals surface area (Å²) in [6.45, 7) is 5.19. The lowest BCUT2D eigenvalue weighted by atomic mass is 10.1. The quantitative estimate of drug-likeness (QED) is 0.274. The standard InChI is InChI=1S/C25H30N2O4/c1-4-6-7-8-15-31-23-14-9-19(17-24(23)30-5-2)16-20(18-26)25(28)27-21-10-12-22(29-3)13-11-21/h9-14,16-17H,4-8,15H2,1-3H3,(H,27,28). The second-order valence-corrected chi connectivity index (χ2v) is 6.90. The molecular formula is C25H30N2O4. The molecule has 0 radical (unpaired) electrons. The number of benzene rings is 2. The number of carbonyl (C=O) groups excluding carboxylic acids is 1. The van der Waals surface area contributed by atoms with Crippen LogP contribution in [0.5, 0.6) is 17.2 Å². The third-order valence-corrected chi connectivity index (χ3v) is 4.55. The summed E-state index contributed by atoms with van der Waals surface area (Å²) >= 11 is 0. The van der Waals surface area contributed by atoms with E-state index in [2.05, 4.69) is 12.2 Å². The van der Waals surface area contributed by atoms with Crippen molar-refractivity contribution in [1.29, 1.82) is 5.26 Å². The summed E-state index contributed by atoms with van der Waals surface area (Å²) in [7, 11) is 1.57. The number of hydrogen-bond acceptors (Lipinski definition) is 5. The molecule has 0 fully saturated rings. The van der Waals surface area contributed by atoms with E-state index in [1.807, 2.05) is 25.1 Å². The Hall–Kier alpha value is -3.46. The highest BCUT2D eigenvalue weighted by molar-refractivity contribution is 6.09. The Kier molecular flexibility index (Phi) is 9.96. The lowest BCUT2D eigenvalue weighted by molar-refractivity contribution is -0.112. The zero-order valence-corrected chi connectivity index (χ0v) is 18.4. The van der Waals surface area contributed by atoms with Crippen molar-refractivity contribution in [3.05, 3.63) is 53.6 Å². The van der Waals surface area contributed by atoms with E-state index in [9.17, 15) is 10.1 Å². The molecule has 0 aliphatic carbocycles. The highest BCUT2D eigenvalue weighted by Gasteiger charge is 2.12. The van der Waals surface area contributed by atoms with Crippen LogP contribution in [0, 0.1) is 11.3 Å². The summed E-state index contributed by atoms with van der Waals surface area (Å²) in [5, 5.41) is 12.2. The summed E-state index contributed by atoms with van der Waals surface area (Å²) in [6.07, 6.45) is 6.03. The van der Waals surface area contributed by atoms with Gasteiger partial charge in [0.1, 0.15) is 17.4 Å². The summed E-state index contributed by atoms with van der Waals surface area (Å²) in [6, 6.07) is 14.3. The Bertz CT molecular complexity index is 914. The molecular weight excluding hydrogens is 392 g/mol. The maximum atomic E-state index is 12.5. The minimum Gasteiger partial charge on any atom is -0.497 e. The maximum absolute atomic E-state index is 12.5. The van der Waals surface area contributed by atoms with Gasteiger partial charge in [0.25, 0.3) is 5.91 Å². The van der Waals surface area contributed by atoms with Gasteiger partial charge in [-0.25, -0.2) is 0 Å². The predicted octanol–water partition coefficient (Wildman–Crippen LogP) is 5.60. The molecule has 31 heavy (non-hydrogen) atoms. The van der Waals surface area contributed by atoms with Crippen LogP contribution in [0.3, 0.4) is 0 Å². The van der Waals surface area contributed by atoms with Gasteiger partial charge < -0.3 is 19.5 Å². The van der Waals surface area contributed by atoms with Crippen LogP contribution >= 0.6 is 0 Å². The van der Waals surface area contributed by atoms with Gasteiger partial charge >= 0.3 is 0 Å². The Labute approximate surface area is 184 Å². The van der Waals surface area contributed by atoms with E-state index < -0.39 is 5.91 Å². The van der Waals surface area contributed by atoms with Crippen LogP contribution in [0.4, 0.5) is 5.69 Å². The molecule has 1 amide bonds. The van der Waals surface area contributed by atoms with Crippen molar-refractivity contribution in [2.24, 2.45) is 0 Å². The Morgan fingerprint density at radius 3 is 2.45 bits per heavy atom. The first kappa shape index (κ1) is 23.8. The van der Waals surface area contributed by atoms with Gasteiger partial charge in [-0.3, -0.25) is 4.79 Å². The normalized spacial score (nSPS) is 10.8. The fourth-order valence-electron chi connectivity index (χ4n) is 2.90. The number of amides is 1. The zero-order valence-electron chi connectivity index (χ0n) is 18.4. The van der Waals surface area contributed by atoms with E-state index in [4.69, 9.17) is 14.2 Å². The molecule has 0 heterocycles. The molecule has 2 aromatic rings. The number of ether oxygens (including phenoxy) is 3. The number of hydrogen-bond donors (Lipinski definition) is 1. The van der Waals surface area contributed by atoms with Crippen molar-refractivity contribution in [2.75, 3.05) is 25.6 Å². The summed E-state index contributed by atoms with van der Waals surface area (Å²) in [5.41, 5.74) is 1.25. The van der Waals surface area contributed by atoms with Gasteiger partial charge in [0, 0.05) is 5.69 Å². The van der Waals surface area contributed by atoms with Crippen LogP contribution in [0.25, 0.3) is 6.08 Å². The largest absolute Gasteiger partial charge is 0.497 e. The first-order valence-electron chi connectivity index (χ1n) is 10.6. The van der Waals surface area contributed by atoms with E-state index >= 15 is 0 Å². The molecule has 0 aliphatic rings. The average molecular weight is 423 g/mol. The Balaban J connectivity index is 2.11. The van der Waals surface area contributed by atoms with Crippen molar-refractivity contribution < 1.29 is 19.0 Å². The molecule has 0 aliphatic heterocycles. The monoisotopic (exact) mass is 422 g/mol. The van der Waals surface area contributed by atoms with Gasteiger partial charge in [-0.1, -0.05) is 32.3 Å². The molecule has 164 valence electrons. The predicted molar refractivity (Wildman–Crippen MR) is 122 cm³/mol. The number of nitrogens with zero attached hydrogens (tertiary/aromatic N) is 1. The van der Waals surface area contributed by atoms with Crippen LogP contribution in [0.15, 0.2) is 48.0 Å². The second kappa shape index (κ2) is 13.0. The third-order valence-electron chi connectivity index (χ3n) is 4.55. The van der Waals surface area contributed by atoms with Gasteiger partial charge in [0.15, 0.2) is 11.5 Å². The molecule has 0 spiro atoms. The van der Waals surface area contributed by atoms with Gasteiger partial charge in [-0.2, -0.15) is 5.26 Å². The minimum absolute atomic E-state index is 0.00787. The molecule has 0 aromatic heterocycles. The number of unbranched alkanes of at least 4 members (excludes halogenated alkanes) is 3. The first-order valence-corrected chi connectivity index (χ1v) is 10.6. The van der Waals surface area contributed by atoms with E-state index in [0.29, 0.717) is 41.7 Å². The molecule has 2 aromatic carbocycles. The molecule has 0 saturated heterocycles. The highest BCUT2D eigenvalue weighted by atomic mass is 16.5. The number of rotatable bonds is 12. The highest BCUT2D eigenvalue weighted by Crippen LogP contribution is 2.30. The number of nitrogens with one attached hydrogen (secondary N) is 1. The molecule has 6 heteroatoms. The third kappa shape index (κ3) is 7.71. The molecule has 6 nitrogen and oxygen atoms in total. The number of nitriles is 1. The second-order valence-electron chi connectivity index (χ2n) is 6.90. The van der Waals surface area contributed by atoms with E-state index in [1.54, 1.807) is 37.4 Å². The van der Waals surface area contributed by atoms with E-state index in [1.165, 1.54) is 18.9 Å². The number of anilines is 1. The molecule has 0 unspecified atom stereocenters. The first-order chi connectivity index (χ1) is 15.1. The number of methoxy groups -OCH3 is 1. The fourth-order valence-corrected chi connectivity index (χ4v) is 2.90. The minimum atomic E-state index is -0.484. The van der Waals surface area contributed by atoms with Gasteiger partial charge in [0.2, 0.25) is 0 Å². The van der Waals surface area contributed by atoms with Crippen LogP contribution in [0.1, 0.15) is 45.1 Å². The SMILES string of the molecule is CCCCCCOc1ccc(C=C(C#N)C(=O)Nc2ccc(OC)cc2)cc1OCC. The van der Waals surface area contributed by atoms with Crippen molar-refractivity contribution in [2.45, 2.75) is 39.5 Å². The molecule has 0 bridgehead atoms. The molecule has 0 saturated carbocycles. The van der Waals surface area contributed by atoms with Crippen LogP contribution in [-0.2, 0) is 4.79 Å². The maximum Gasteiger partial charge on any atom is 0.266 e. The summed E-state index contributed by atoms with van der Waals surface area (Å²) in [5.74, 6) is 1.46. The van der Waals surface area contributed by atoms with Crippen molar-refractivity contribution in [3.63, 3.8) is 0 Å². The molecule has 0 atom stereocenters. The zero-order chi connectivity index (χ0) is 22.5. The van der Waals surface area contributed by atoms with E-state index in [-0.39, 0.29) is 5.57 Å². The van der Waals surface area contributed by atoms with Crippen molar-refractivity contribution >= 4 is 17.7 Å². The Morgan fingerprint density at radius 1 is 1.03 bits per heavy atom. The van der Waals surface area contributed by atoms with Crippen LogP contribution in [0.2, 0.25) is 0 Å². The smallest absolute Gasteiger partial charge is 0.266 e. The van der Waals surface area contributed by atoms with Crippen LogP contribution in [-0.4, -0.2) is 26.2 Å². The van der Waals surface area contributed by atoms with Crippen LogP contribution < -0.4 is 19.5 Å². The van der Waals surface area contributed by atoms with Crippen molar-refractivity contribution in [1.82, 2.24) is 0 Å². The lowest BCUT2D eigenvalue weighted by Gasteiger charge is -2.13. The summed E-state index contributed by atoms with van der Waals surface area (Å²) < 4.78 is 16.7. The summed E-state index contributed by atoms with van der Waals surface area (Å²) in [4.78, 5) is 12.5. The number of carbonyl (C=O) groups is 1. The fraction of sp³-hybridized carbons (Fsp3) is 0.360. The lowest BCUT2D eigenvalue weighted by Crippen LogP contribution is -2.13. The van der Waals surface area contributed by atoms with Gasteiger partial charge in [-0.15, -0.1) is 0 Å². The molecule has 1 N–H and O–H groups in total. The van der Waals surface area contributed by atoms with Crippen molar-refractivity contribution in [3.8, 4) is 23.3 Å². The van der Waals surface area contributed by atoms with E-state index in [0.717, 1.165) is 12.8 Å².